The monoisotopic (exact) mass is 381 g/mol. The van der Waals surface area contributed by atoms with Gasteiger partial charge in [0.05, 0.1) is 6.10 Å². The van der Waals surface area contributed by atoms with Gasteiger partial charge in [0.1, 0.15) is 11.5 Å². The number of aryl methyl sites for hydroxylation is 1. The third kappa shape index (κ3) is 4.04. The lowest BCUT2D eigenvalue weighted by molar-refractivity contribution is 0.0134. The minimum Gasteiger partial charge on any atom is -0.378 e. The first kappa shape index (κ1) is 18.6. The maximum Gasteiger partial charge on any atom is 0.223 e. The molecule has 0 spiro atoms. The van der Waals surface area contributed by atoms with Gasteiger partial charge in [-0.3, -0.25) is 0 Å². The van der Waals surface area contributed by atoms with E-state index in [0.29, 0.717) is 34.7 Å². The minimum atomic E-state index is -0.309. The Morgan fingerprint density at radius 3 is 2.86 bits per heavy atom. The molecule has 0 amide bonds. The number of hydrogen-bond donors (Lipinski definition) is 1. The van der Waals surface area contributed by atoms with E-state index in [1.165, 1.54) is 12.5 Å². The molecule has 1 saturated heterocycles. The van der Waals surface area contributed by atoms with E-state index in [0.717, 1.165) is 32.4 Å². The maximum absolute atomic E-state index is 14.4. The van der Waals surface area contributed by atoms with Crippen LogP contribution >= 0.6 is 0 Å². The van der Waals surface area contributed by atoms with Crippen LogP contribution in [0.3, 0.4) is 0 Å². The molecule has 4 rings (SSSR count). The Hall–Kier alpha value is -2.80. The summed E-state index contributed by atoms with van der Waals surface area (Å²) >= 11 is 0. The van der Waals surface area contributed by atoms with Gasteiger partial charge in [-0.05, 0) is 31.7 Å². The number of nitrogens with one attached hydrogen (secondary N) is 1. The molecule has 28 heavy (non-hydrogen) atoms. The summed E-state index contributed by atoms with van der Waals surface area (Å²) in [5.74, 6) is 0.866. The topological polar surface area (TPSA) is 64.9 Å². The predicted molar refractivity (Wildman–Crippen MR) is 106 cm³/mol. The summed E-state index contributed by atoms with van der Waals surface area (Å²) in [6.45, 7) is 1.57. The molecule has 1 unspecified atom stereocenters. The second-order valence-electron chi connectivity index (χ2n) is 7.00. The Morgan fingerprint density at radius 2 is 2.11 bits per heavy atom. The van der Waals surface area contributed by atoms with E-state index in [9.17, 15) is 4.39 Å². The Balaban J connectivity index is 1.60. The third-order valence-electron chi connectivity index (χ3n) is 5.01. The highest BCUT2D eigenvalue weighted by Crippen LogP contribution is 2.31. The fraction of sp³-hybridized carbons (Fsp3) is 0.381. The molecule has 1 aromatic carbocycles. The predicted octanol–water partition coefficient (Wildman–Crippen LogP) is 4.05. The fourth-order valence-corrected chi connectivity index (χ4v) is 3.49. The largest absolute Gasteiger partial charge is 0.378 e. The van der Waals surface area contributed by atoms with Crippen molar-refractivity contribution in [3.63, 3.8) is 0 Å². The van der Waals surface area contributed by atoms with Crippen LogP contribution in [0, 0.1) is 5.82 Å². The number of anilines is 1. The number of nitrogens with zero attached hydrogens (tertiary/aromatic N) is 4. The van der Waals surface area contributed by atoms with Crippen molar-refractivity contribution >= 4 is 5.95 Å². The van der Waals surface area contributed by atoms with Crippen LogP contribution in [0.15, 0.2) is 42.9 Å². The standard InChI is InChI=1S/C21H24FN5O/c1-27-12-11-23-20(27)19-17(16-7-2-3-8-18(16)22)14-25-21(26-19)24-10-9-15-6-4-5-13-28-15/h2-3,7-8,11-12,14-15H,4-6,9-10,13H2,1H3,(H,24,25,26). The highest BCUT2D eigenvalue weighted by Gasteiger charge is 2.18. The lowest BCUT2D eigenvalue weighted by Crippen LogP contribution is -2.22. The summed E-state index contributed by atoms with van der Waals surface area (Å²) in [4.78, 5) is 13.5. The first-order chi connectivity index (χ1) is 13.7. The molecule has 0 radical (unpaired) electrons. The van der Waals surface area contributed by atoms with Gasteiger partial charge in [-0.15, -0.1) is 0 Å². The van der Waals surface area contributed by atoms with Gasteiger partial charge in [0.15, 0.2) is 5.82 Å². The molecule has 6 nitrogen and oxygen atoms in total. The van der Waals surface area contributed by atoms with Gasteiger partial charge in [-0.25, -0.2) is 19.3 Å². The normalized spacial score (nSPS) is 16.9. The Morgan fingerprint density at radius 1 is 1.21 bits per heavy atom. The molecular formula is C21H24FN5O. The molecule has 3 heterocycles. The van der Waals surface area contributed by atoms with Crippen LogP contribution in [-0.2, 0) is 11.8 Å². The van der Waals surface area contributed by atoms with Crippen LogP contribution < -0.4 is 5.32 Å². The average molecular weight is 381 g/mol. The number of benzene rings is 1. The summed E-state index contributed by atoms with van der Waals surface area (Å²) < 4.78 is 22.0. The van der Waals surface area contributed by atoms with E-state index in [1.54, 1.807) is 30.6 Å². The lowest BCUT2D eigenvalue weighted by Gasteiger charge is -2.22. The van der Waals surface area contributed by atoms with Gasteiger partial charge in [0.25, 0.3) is 0 Å². The van der Waals surface area contributed by atoms with Crippen molar-refractivity contribution < 1.29 is 9.13 Å². The molecule has 2 aromatic heterocycles. The SMILES string of the molecule is Cn1ccnc1-c1nc(NCCC2CCCCO2)ncc1-c1ccccc1F. The van der Waals surface area contributed by atoms with Gasteiger partial charge in [-0.2, -0.15) is 0 Å². The number of halogens is 1. The minimum absolute atomic E-state index is 0.299. The maximum atomic E-state index is 14.4. The van der Waals surface area contributed by atoms with Gasteiger partial charge in [0.2, 0.25) is 5.95 Å². The van der Waals surface area contributed by atoms with Crippen molar-refractivity contribution in [1.82, 2.24) is 19.5 Å². The van der Waals surface area contributed by atoms with Crippen LogP contribution in [0.1, 0.15) is 25.7 Å². The van der Waals surface area contributed by atoms with Gasteiger partial charge in [0, 0.05) is 49.9 Å². The zero-order valence-electron chi connectivity index (χ0n) is 15.9. The first-order valence-electron chi connectivity index (χ1n) is 9.67. The van der Waals surface area contributed by atoms with Crippen molar-refractivity contribution in [2.75, 3.05) is 18.5 Å². The second kappa shape index (κ2) is 8.48. The number of imidazole rings is 1. The van der Waals surface area contributed by atoms with Crippen molar-refractivity contribution in [3.8, 4) is 22.6 Å². The van der Waals surface area contributed by atoms with E-state index < -0.39 is 0 Å². The summed E-state index contributed by atoms with van der Waals surface area (Å²) in [6, 6.07) is 6.64. The highest BCUT2D eigenvalue weighted by atomic mass is 19.1. The van der Waals surface area contributed by atoms with Crippen LogP contribution in [0.2, 0.25) is 0 Å². The molecule has 1 atom stereocenters. The van der Waals surface area contributed by atoms with Crippen molar-refractivity contribution in [2.45, 2.75) is 31.8 Å². The quantitative estimate of drug-likeness (QED) is 0.698. The summed E-state index contributed by atoms with van der Waals surface area (Å²) in [7, 11) is 1.89. The van der Waals surface area contributed by atoms with Crippen molar-refractivity contribution in [2.24, 2.45) is 7.05 Å². The molecule has 1 fully saturated rings. The zero-order chi connectivity index (χ0) is 19.3. The van der Waals surface area contributed by atoms with Crippen molar-refractivity contribution in [1.29, 1.82) is 0 Å². The Bertz CT molecular complexity index is 936. The summed E-state index contributed by atoms with van der Waals surface area (Å²) in [5, 5.41) is 3.27. The molecular weight excluding hydrogens is 357 g/mol. The van der Waals surface area contributed by atoms with Gasteiger partial charge >= 0.3 is 0 Å². The summed E-state index contributed by atoms with van der Waals surface area (Å²) in [5.41, 5.74) is 1.68. The van der Waals surface area contributed by atoms with Crippen LogP contribution in [0.4, 0.5) is 10.3 Å². The van der Waals surface area contributed by atoms with E-state index in [-0.39, 0.29) is 5.82 Å². The Kier molecular flexibility index (Phi) is 5.62. The third-order valence-corrected chi connectivity index (χ3v) is 5.01. The number of aromatic nitrogens is 4. The van der Waals surface area contributed by atoms with Crippen LogP contribution in [0.25, 0.3) is 22.6 Å². The molecule has 1 N–H and O–H groups in total. The fourth-order valence-electron chi connectivity index (χ4n) is 3.49. The molecule has 1 aliphatic heterocycles. The van der Waals surface area contributed by atoms with Gasteiger partial charge in [-0.1, -0.05) is 18.2 Å². The second-order valence-corrected chi connectivity index (χ2v) is 7.00. The molecule has 3 aromatic rings. The van der Waals surface area contributed by atoms with Gasteiger partial charge < -0.3 is 14.6 Å². The smallest absolute Gasteiger partial charge is 0.223 e. The number of rotatable bonds is 6. The highest BCUT2D eigenvalue weighted by molar-refractivity contribution is 5.78. The van der Waals surface area contributed by atoms with Crippen LogP contribution in [-0.4, -0.2) is 38.8 Å². The lowest BCUT2D eigenvalue weighted by atomic mass is 10.0. The van der Waals surface area contributed by atoms with E-state index >= 15 is 0 Å². The molecule has 0 aliphatic carbocycles. The Labute approximate surface area is 163 Å². The molecule has 0 bridgehead atoms. The molecule has 1 aliphatic rings. The number of hydrogen-bond acceptors (Lipinski definition) is 5. The zero-order valence-corrected chi connectivity index (χ0v) is 15.9. The number of ether oxygens (including phenoxy) is 1. The molecule has 7 heteroatoms. The van der Waals surface area contributed by atoms with Crippen LogP contribution in [0.5, 0.6) is 0 Å². The average Bonchev–Trinajstić information content (AvgIpc) is 3.15. The van der Waals surface area contributed by atoms with Crippen molar-refractivity contribution in [3.05, 3.63) is 48.7 Å². The molecule has 146 valence electrons. The van der Waals surface area contributed by atoms with E-state index in [4.69, 9.17) is 4.74 Å². The summed E-state index contributed by atoms with van der Waals surface area (Å²) in [6.07, 6.45) is 9.90. The first-order valence-corrected chi connectivity index (χ1v) is 9.67. The molecule has 0 saturated carbocycles. The van der Waals surface area contributed by atoms with E-state index in [1.807, 2.05) is 17.8 Å². The van der Waals surface area contributed by atoms with E-state index in [2.05, 4.69) is 20.3 Å².